The van der Waals surface area contributed by atoms with Gasteiger partial charge in [-0.05, 0) is 131 Å². The first-order valence-corrected chi connectivity index (χ1v) is 17.8. The van der Waals surface area contributed by atoms with Crippen LogP contribution >= 0.6 is 0 Å². The Bertz CT molecular complexity index is 1360. The molecule has 0 radical (unpaired) electrons. The van der Waals surface area contributed by atoms with Crippen LogP contribution in [0.3, 0.4) is 0 Å². The quantitative estimate of drug-likeness (QED) is 0.103. The Balaban J connectivity index is 1.09. The molecule has 0 spiro atoms. The second-order valence-corrected chi connectivity index (χ2v) is 13.2. The number of ether oxygens (including phenoxy) is 6. The molecule has 4 rings (SSSR count). The Kier molecular flexibility index (Phi) is 15.5. The standard InChI is InChI=1S/C39H48O12/c1-46-34(40)5-3-7-36(42)48-30-21-13-28(14-22-30)38(44)50-32-17-9-26(10-18-32)25-27-11-19-33(20-12-27)51-39(45)29-15-23-31(24-16-29)49-37(43)8-4-6-35(41)47-2/h13-16,21-24,26-27,32-33H,3-12,17-20,25H2,1-2H3. The van der Waals surface area contributed by atoms with Crippen molar-refractivity contribution in [2.45, 2.75) is 109 Å². The normalized spacial score (nSPS) is 20.0. The number of carbonyl (C=O) groups is 6. The molecule has 0 heterocycles. The number of hydrogen-bond acceptors (Lipinski definition) is 12. The average Bonchev–Trinajstić information content (AvgIpc) is 3.13. The summed E-state index contributed by atoms with van der Waals surface area (Å²) in [6, 6.07) is 12.5. The summed E-state index contributed by atoms with van der Waals surface area (Å²) < 4.78 is 31.2. The molecule has 0 saturated heterocycles. The summed E-state index contributed by atoms with van der Waals surface area (Å²) in [4.78, 5) is 71.8. The van der Waals surface area contributed by atoms with Crippen molar-refractivity contribution < 1.29 is 57.2 Å². The molecule has 2 aromatic rings. The zero-order chi connectivity index (χ0) is 36.6. The number of methoxy groups -OCH3 is 2. The van der Waals surface area contributed by atoms with Crippen molar-refractivity contribution in [3.8, 4) is 11.5 Å². The van der Waals surface area contributed by atoms with Crippen molar-refractivity contribution in [1.29, 1.82) is 0 Å². The predicted octanol–water partition coefficient (Wildman–Crippen LogP) is 6.71. The molecule has 0 amide bonds. The van der Waals surface area contributed by atoms with Crippen LogP contribution in [0.25, 0.3) is 0 Å². The Labute approximate surface area is 298 Å². The number of carbonyl (C=O) groups excluding carboxylic acids is 6. The van der Waals surface area contributed by atoms with E-state index in [9.17, 15) is 28.8 Å². The largest absolute Gasteiger partial charge is 0.469 e. The van der Waals surface area contributed by atoms with Gasteiger partial charge in [-0.15, -0.1) is 0 Å². The van der Waals surface area contributed by atoms with Gasteiger partial charge in [-0.1, -0.05) is 0 Å². The maximum Gasteiger partial charge on any atom is 0.338 e. The van der Waals surface area contributed by atoms with Crippen LogP contribution in [-0.2, 0) is 38.1 Å². The van der Waals surface area contributed by atoms with Gasteiger partial charge in [0, 0.05) is 25.7 Å². The Morgan fingerprint density at radius 2 is 0.824 bits per heavy atom. The first-order valence-electron chi connectivity index (χ1n) is 17.8. The molecule has 0 unspecified atom stereocenters. The first kappa shape index (κ1) is 39.1. The fourth-order valence-corrected chi connectivity index (χ4v) is 6.52. The SMILES string of the molecule is COC(=O)CCCC(=O)Oc1ccc(C(=O)OC2CCC(CC3CCC(OC(=O)c4ccc(OC(=O)CCCC(=O)OC)cc4)CC3)CC2)cc1. The van der Waals surface area contributed by atoms with E-state index in [1.54, 1.807) is 48.5 Å². The third kappa shape index (κ3) is 13.5. The van der Waals surface area contributed by atoms with Crippen LogP contribution in [-0.4, -0.2) is 62.2 Å². The number of benzene rings is 2. The molecule has 0 bridgehead atoms. The van der Waals surface area contributed by atoms with Crippen molar-refractivity contribution in [1.82, 2.24) is 0 Å². The molecule has 2 saturated carbocycles. The van der Waals surface area contributed by atoms with E-state index < -0.39 is 23.9 Å². The Morgan fingerprint density at radius 1 is 0.490 bits per heavy atom. The second-order valence-electron chi connectivity index (χ2n) is 13.2. The molecule has 12 heteroatoms. The maximum absolute atomic E-state index is 12.7. The highest BCUT2D eigenvalue weighted by Crippen LogP contribution is 2.37. The van der Waals surface area contributed by atoms with E-state index in [4.69, 9.17) is 18.9 Å². The summed E-state index contributed by atoms with van der Waals surface area (Å²) in [5.74, 6) is -0.684. The minimum Gasteiger partial charge on any atom is -0.469 e. The summed E-state index contributed by atoms with van der Waals surface area (Å²) in [5.41, 5.74) is 0.784. The van der Waals surface area contributed by atoms with Crippen LogP contribution in [0.1, 0.15) is 117 Å². The number of rotatable bonds is 16. The van der Waals surface area contributed by atoms with Crippen LogP contribution in [0.4, 0.5) is 0 Å². The number of esters is 6. The van der Waals surface area contributed by atoms with Crippen LogP contribution in [0.2, 0.25) is 0 Å². The lowest BCUT2D eigenvalue weighted by molar-refractivity contribution is -0.142. The van der Waals surface area contributed by atoms with E-state index in [1.165, 1.54) is 14.2 Å². The minimum atomic E-state index is -0.462. The van der Waals surface area contributed by atoms with Gasteiger partial charge in [0.1, 0.15) is 23.7 Å². The lowest BCUT2D eigenvalue weighted by Crippen LogP contribution is -2.28. The van der Waals surface area contributed by atoms with Crippen molar-refractivity contribution in [2.75, 3.05) is 14.2 Å². The van der Waals surface area contributed by atoms with Crippen molar-refractivity contribution >= 4 is 35.8 Å². The predicted molar refractivity (Wildman–Crippen MR) is 183 cm³/mol. The van der Waals surface area contributed by atoms with E-state index in [1.807, 2.05) is 0 Å². The van der Waals surface area contributed by atoms with E-state index in [0.717, 1.165) is 57.8 Å². The molecule has 0 atom stereocenters. The zero-order valence-electron chi connectivity index (χ0n) is 29.4. The van der Waals surface area contributed by atoms with Gasteiger partial charge in [-0.25, -0.2) is 9.59 Å². The molecule has 0 N–H and O–H groups in total. The van der Waals surface area contributed by atoms with Gasteiger partial charge in [0.05, 0.1) is 25.3 Å². The molecule has 2 aliphatic rings. The van der Waals surface area contributed by atoms with Crippen LogP contribution in [0.5, 0.6) is 11.5 Å². The first-order chi connectivity index (χ1) is 24.6. The molecule has 276 valence electrons. The lowest BCUT2D eigenvalue weighted by atomic mass is 9.76. The fourth-order valence-electron chi connectivity index (χ4n) is 6.52. The topological polar surface area (TPSA) is 158 Å². The highest BCUT2D eigenvalue weighted by molar-refractivity contribution is 5.90. The summed E-state index contributed by atoms with van der Waals surface area (Å²) in [7, 11) is 2.60. The maximum atomic E-state index is 12.7. The zero-order valence-corrected chi connectivity index (χ0v) is 29.4. The smallest absolute Gasteiger partial charge is 0.338 e. The lowest BCUT2D eigenvalue weighted by Gasteiger charge is -2.33. The minimum absolute atomic E-state index is 0.0853. The van der Waals surface area contributed by atoms with E-state index >= 15 is 0 Å². The average molecular weight is 709 g/mol. The molecule has 2 aliphatic carbocycles. The third-order valence-electron chi connectivity index (χ3n) is 9.42. The molecule has 12 nitrogen and oxygen atoms in total. The highest BCUT2D eigenvalue weighted by atomic mass is 16.6. The van der Waals surface area contributed by atoms with Crippen molar-refractivity contribution in [3.05, 3.63) is 59.7 Å². The van der Waals surface area contributed by atoms with E-state index in [0.29, 0.717) is 47.3 Å². The van der Waals surface area contributed by atoms with E-state index in [2.05, 4.69) is 9.47 Å². The van der Waals surface area contributed by atoms with Gasteiger partial charge in [0.15, 0.2) is 0 Å². The van der Waals surface area contributed by atoms with Gasteiger partial charge >= 0.3 is 35.8 Å². The summed E-state index contributed by atoms with van der Waals surface area (Å²) in [5, 5.41) is 0. The molecule has 0 aliphatic heterocycles. The van der Waals surface area contributed by atoms with E-state index in [-0.39, 0.29) is 49.8 Å². The Morgan fingerprint density at radius 3 is 1.16 bits per heavy atom. The van der Waals surface area contributed by atoms with Crippen molar-refractivity contribution in [2.24, 2.45) is 11.8 Å². The fraction of sp³-hybridized carbons (Fsp3) is 0.538. The van der Waals surface area contributed by atoms with Gasteiger partial charge in [-0.2, -0.15) is 0 Å². The monoisotopic (exact) mass is 708 g/mol. The van der Waals surface area contributed by atoms with Gasteiger partial charge in [0.2, 0.25) is 0 Å². The second kappa shape index (κ2) is 20.2. The van der Waals surface area contributed by atoms with Gasteiger partial charge < -0.3 is 28.4 Å². The summed E-state index contributed by atoms with van der Waals surface area (Å²) >= 11 is 0. The molecular weight excluding hydrogens is 660 g/mol. The molecule has 51 heavy (non-hydrogen) atoms. The van der Waals surface area contributed by atoms with Gasteiger partial charge in [-0.3, -0.25) is 19.2 Å². The van der Waals surface area contributed by atoms with Gasteiger partial charge in [0.25, 0.3) is 0 Å². The third-order valence-corrected chi connectivity index (χ3v) is 9.42. The highest BCUT2D eigenvalue weighted by Gasteiger charge is 2.30. The van der Waals surface area contributed by atoms with Crippen LogP contribution in [0.15, 0.2) is 48.5 Å². The molecule has 2 fully saturated rings. The number of hydrogen-bond donors (Lipinski definition) is 0. The summed E-state index contributed by atoms with van der Waals surface area (Å²) in [6.45, 7) is 0. The summed E-state index contributed by atoms with van der Waals surface area (Å²) in [6.07, 6.45) is 9.24. The van der Waals surface area contributed by atoms with Crippen LogP contribution < -0.4 is 9.47 Å². The van der Waals surface area contributed by atoms with Crippen LogP contribution in [0, 0.1) is 11.8 Å². The Hall–Kier alpha value is -4.74. The molecule has 0 aromatic heterocycles. The molecular formula is C39H48O12. The molecule has 2 aromatic carbocycles. The van der Waals surface area contributed by atoms with Crippen molar-refractivity contribution in [3.63, 3.8) is 0 Å².